The Labute approximate surface area is 329 Å². The average molecular weight is 768 g/mol. The van der Waals surface area contributed by atoms with Gasteiger partial charge in [0.2, 0.25) is 11.8 Å². The number of imidazole rings is 1. The number of piperidine rings is 1. The minimum Gasteiger partial charge on any atom is -0.507 e. The number of pyridine rings is 1. The van der Waals surface area contributed by atoms with E-state index in [1.54, 1.807) is 31.3 Å². The van der Waals surface area contributed by atoms with Crippen LogP contribution < -0.4 is 15.9 Å². The number of phenolic OH excluding ortho intramolecular Hbond substituents is 1. The Bertz CT molecular complexity index is 2490. The second-order valence-corrected chi connectivity index (χ2v) is 15.1. The maximum absolute atomic E-state index is 13.0. The van der Waals surface area contributed by atoms with Gasteiger partial charge in [-0.1, -0.05) is 48.1 Å². The van der Waals surface area contributed by atoms with E-state index >= 15 is 0 Å². The number of benzene rings is 2. The van der Waals surface area contributed by atoms with E-state index < -0.39 is 11.9 Å². The van der Waals surface area contributed by atoms with Gasteiger partial charge in [0, 0.05) is 69.1 Å². The van der Waals surface area contributed by atoms with Crippen LogP contribution in [0.15, 0.2) is 83.9 Å². The number of allylic oxidation sites excluding steroid dienone is 1. The van der Waals surface area contributed by atoms with Gasteiger partial charge < -0.3 is 14.9 Å². The fourth-order valence-corrected chi connectivity index (χ4v) is 8.22. The smallest absolute Gasteiger partial charge is 0.329 e. The highest BCUT2D eigenvalue weighted by molar-refractivity contribution is 6.06. The first kappa shape index (κ1) is 37.4. The van der Waals surface area contributed by atoms with Gasteiger partial charge >= 0.3 is 5.69 Å². The summed E-state index contributed by atoms with van der Waals surface area (Å²) in [5.74, 6) is 6.47. The van der Waals surface area contributed by atoms with Crippen LogP contribution in [-0.4, -0.2) is 81.9 Å². The number of phenols is 1. The van der Waals surface area contributed by atoms with Crippen LogP contribution in [0.1, 0.15) is 84.7 Å². The lowest BCUT2D eigenvalue weighted by atomic mass is 10.1. The first-order valence-electron chi connectivity index (χ1n) is 19.6. The highest BCUT2D eigenvalue weighted by Gasteiger charge is 2.42. The third-order valence-electron chi connectivity index (χ3n) is 11.2. The highest BCUT2D eigenvalue weighted by atomic mass is 16.3. The number of rotatable bonds is 13. The van der Waals surface area contributed by atoms with Crippen molar-refractivity contribution in [3.8, 4) is 17.6 Å². The van der Waals surface area contributed by atoms with E-state index in [1.807, 2.05) is 47.4 Å². The number of nitrogens with one attached hydrogen (secondary N) is 1. The van der Waals surface area contributed by atoms with Crippen molar-refractivity contribution in [1.82, 2.24) is 39.3 Å². The minimum atomic E-state index is -0.706. The van der Waals surface area contributed by atoms with Crippen molar-refractivity contribution in [2.75, 3.05) is 18.0 Å². The molecular weight excluding hydrogens is 723 g/mol. The van der Waals surface area contributed by atoms with Crippen LogP contribution in [0.25, 0.3) is 11.0 Å². The second-order valence-electron chi connectivity index (χ2n) is 15.1. The number of aromatic hydroxyl groups is 1. The molecule has 3 atom stereocenters. The van der Waals surface area contributed by atoms with Gasteiger partial charge in [-0.05, 0) is 74.6 Å². The SMILES string of the molecule is Cn1c(=O)n(C2CCC(=O)NC2=O)c2ccc(C#CCCCCCCc3cn(Cc4cccc(N5C[C@H]6C[C@@H]5CN6/C=C/C(=O)c5ccccc5O)n4)nn3)cc21. The van der Waals surface area contributed by atoms with E-state index in [4.69, 9.17) is 4.98 Å². The van der Waals surface area contributed by atoms with Gasteiger partial charge in [-0.2, -0.15) is 0 Å². The number of carbonyl (C=O) groups excluding carboxylic acids is 3. The Morgan fingerprint density at radius 3 is 2.65 bits per heavy atom. The van der Waals surface area contributed by atoms with Crippen LogP contribution in [0, 0.1) is 11.8 Å². The van der Waals surface area contributed by atoms with Crippen molar-refractivity contribution in [1.29, 1.82) is 0 Å². The Hall–Kier alpha value is -6.49. The van der Waals surface area contributed by atoms with E-state index in [9.17, 15) is 24.3 Å². The van der Waals surface area contributed by atoms with Crippen molar-refractivity contribution < 1.29 is 19.5 Å². The molecule has 3 fully saturated rings. The average Bonchev–Trinajstić information content (AvgIpc) is 3.99. The van der Waals surface area contributed by atoms with E-state index in [0.717, 1.165) is 80.8 Å². The first-order chi connectivity index (χ1) is 27.7. The number of aryl methyl sites for hydroxylation is 2. The molecule has 8 rings (SSSR count). The molecule has 6 heterocycles. The molecule has 1 unspecified atom stereocenters. The number of para-hydroxylation sites is 1. The van der Waals surface area contributed by atoms with Crippen molar-refractivity contribution >= 4 is 34.4 Å². The summed E-state index contributed by atoms with van der Waals surface area (Å²) >= 11 is 0. The molecule has 57 heavy (non-hydrogen) atoms. The van der Waals surface area contributed by atoms with Gasteiger partial charge in [0.1, 0.15) is 17.6 Å². The molecular formula is C43H45N9O5. The number of likely N-dealkylation sites (tertiary alicyclic amines) is 1. The molecule has 2 N–H and O–H groups in total. The molecule has 0 aliphatic carbocycles. The van der Waals surface area contributed by atoms with E-state index in [-0.39, 0.29) is 29.6 Å². The minimum absolute atomic E-state index is 0.00540. The zero-order chi connectivity index (χ0) is 39.5. The maximum atomic E-state index is 13.0. The molecule has 3 saturated heterocycles. The largest absolute Gasteiger partial charge is 0.507 e. The zero-order valence-corrected chi connectivity index (χ0v) is 31.9. The molecule has 14 nitrogen and oxygen atoms in total. The van der Waals surface area contributed by atoms with Crippen molar-refractivity contribution in [2.24, 2.45) is 7.05 Å². The number of hydrogen-bond donors (Lipinski definition) is 2. The number of imide groups is 1. The number of carbonyl (C=O) groups is 3. The summed E-state index contributed by atoms with van der Waals surface area (Å²) in [7, 11) is 1.68. The normalized spacial score (nSPS) is 19.1. The summed E-state index contributed by atoms with van der Waals surface area (Å²) in [6.45, 7) is 2.19. The lowest BCUT2D eigenvalue weighted by Crippen LogP contribution is -2.44. The van der Waals surface area contributed by atoms with Gasteiger partial charge in [0.15, 0.2) is 5.78 Å². The van der Waals surface area contributed by atoms with Crippen LogP contribution in [0.4, 0.5) is 5.82 Å². The molecule has 0 radical (unpaired) electrons. The molecule has 3 aromatic heterocycles. The van der Waals surface area contributed by atoms with Gasteiger partial charge in [-0.3, -0.25) is 28.8 Å². The molecule has 0 saturated carbocycles. The first-order valence-corrected chi connectivity index (χ1v) is 19.6. The fraction of sp³-hybridized carbons (Fsp3) is 0.372. The predicted molar refractivity (Wildman–Crippen MR) is 213 cm³/mol. The number of amides is 2. The Balaban J connectivity index is 0.762. The monoisotopic (exact) mass is 767 g/mol. The van der Waals surface area contributed by atoms with Gasteiger partial charge in [-0.15, -0.1) is 5.10 Å². The van der Waals surface area contributed by atoms with E-state index in [1.165, 1.54) is 15.2 Å². The number of piperazine rings is 1. The molecule has 5 aromatic rings. The van der Waals surface area contributed by atoms with Gasteiger partial charge in [0.05, 0.1) is 34.5 Å². The zero-order valence-electron chi connectivity index (χ0n) is 31.9. The third kappa shape index (κ3) is 8.09. The number of aromatic nitrogens is 6. The quantitative estimate of drug-likeness (QED) is 0.0583. The molecule has 0 spiro atoms. The topological polar surface area (TPSA) is 160 Å². The lowest BCUT2D eigenvalue weighted by molar-refractivity contribution is -0.135. The van der Waals surface area contributed by atoms with Gasteiger partial charge in [-0.25, -0.2) is 14.5 Å². The van der Waals surface area contributed by atoms with Crippen LogP contribution in [0.3, 0.4) is 0 Å². The summed E-state index contributed by atoms with van der Waals surface area (Å²) in [5, 5.41) is 21.1. The van der Waals surface area contributed by atoms with Crippen molar-refractivity contribution in [3.05, 3.63) is 112 Å². The lowest BCUT2D eigenvalue weighted by Gasteiger charge is -2.34. The summed E-state index contributed by atoms with van der Waals surface area (Å²) in [6.07, 6.45) is 12.7. The number of nitrogens with zero attached hydrogens (tertiary/aromatic N) is 8. The van der Waals surface area contributed by atoms with Crippen LogP contribution >= 0.6 is 0 Å². The van der Waals surface area contributed by atoms with Crippen molar-refractivity contribution in [3.63, 3.8) is 0 Å². The summed E-state index contributed by atoms with van der Waals surface area (Å²) in [6, 6.07) is 18.2. The molecule has 3 aliphatic heterocycles. The van der Waals surface area contributed by atoms with Crippen molar-refractivity contribution in [2.45, 2.75) is 82.5 Å². The number of anilines is 1. The van der Waals surface area contributed by atoms with Crippen LogP contribution in [0.2, 0.25) is 0 Å². The molecule has 2 aromatic carbocycles. The number of unbranched alkanes of at least 4 members (excludes halogenated alkanes) is 4. The Kier molecular flexibility index (Phi) is 10.7. The second kappa shape index (κ2) is 16.3. The summed E-state index contributed by atoms with van der Waals surface area (Å²) in [5.41, 5.74) is 4.07. The third-order valence-corrected chi connectivity index (χ3v) is 11.2. The van der Waals surface area contributed by atoms with E-state index in [0.29, 0.717) is 41.6 Å². The maximum Gasteiger partial charge on any atom is 0.329 e. The van der Waals surface area contributed by atoms with Gasteiger partial charge in [0.25, 0.3) is 0 Å². The molecule has 2 amide bonds. The Morgan fingerprint density at radius 1 is 0.965 bits per heavy atom. The molecule has 3 aliphatic rings. The number of ketones is 1. The summed E-state index contributed by atoms with van der Waals surface area (Å²) in [4.78, 5) is 59.2. The molecule has 2 bridgehead atoms. The molecule has 14 heteroatoms. The standard InChI is InChI=1S/C43H45N9O5/c1-48-37-23-29(17-18-35(37)52(43(48)57)36-19-20-41(55)45-42(36)56)11-6-4-2-3-5-7-12-31-26-50(47-46-31)25-30-13-10-16-40(44-30)51-28-32-24-33(51)27-49(32)22-21-39(54)34-14-8-9-15-38(34)53/h8-10,13-18,21-23,26,32-33,36,53H,2-5,7,12,19-20,24-25,27-28H2,1H3,(H,45,55,56)/b22-21+/t32-,33-,36?/m1/s1. The molecule has 292 valence electrons. The summed E-state index contributed by atoms with van der Waals surface area (Å²) < 4.78 is 4.85. The number of fused-ring (bicyclic) bond motifs is 3. The highest BCUT2D eigenvalue weighted by Crippen LogP contribution is 2.34. The number of hydrogen-bond acceptors (Lipinski definition) is 10. The van der Waals surface area contributed by atoms with E-state index in [2.05, 4.69) is 43.3 Å². The van der Waals surface area contributed by atoms with Crippen LogP contribution in [0.5, 0.6) is 5.75 Å². The fourth-order valence-electron chi connectivity index (χ4n) is 8.22. The predicted octanol–water partition coefficient (Wildman–Crippen LogP) is 4.26. The van der Waals surface area contributed by atoms with Crippen LogP contribution in [-0.2, 0) is 29.6 Å². The Morgan fingerprint density at radius 2 is 1.82 bits per heavy atom.